The van der Waals surface area contributed by atoms with Crippen LogP contribution in [0.2, 0.25) is 0 Å². The van der Waals surface area contributed by atoms with Crippen molar-refractivity contribution >= 4 is 0 Å². The third kappa shape index (κ3) is 49.6. The predicted molar refractivity (Wildman–Crippen MR) is 12.7 cm³/mol. The number of hydrogen-bond acceptors (Lipinski definition) is 6. The van der Waals surface area contributed by atoms with Gasteiger partial charge in [-0.1, -0.05) is 0 Å². The summed E-state index contributed by atoms with van der Waals surface area (Å²) < 4.78 is 0. The van der Waals surface area contributed by atoms with Gasteiger partial charge in [0.2, 0.25) is 0 Å². The van der Waals surface area contributed by atoms with Gasteiger partial charge in [0.25, 0.3) is 0 Å². The molecule has 0 radical (unpaired) electrons. The zero-order chi connectivity index (χ0) is 5.41. The summed E-state index contributed by atoms with van der Waals surface area (Å²) in [5.41, 5.74) is 0. The highest BCUT2D eigenvalue weighted by Crippen LogP contribution is 1.49. The second-order valence-electron chi connectivity index (χ2n) is 0.149. The van der Waals surface area contributed by atoms with Crippen LogP contribution in [-0.4, -0.2) is 21.0 Å². The maximum absolute atomic E-state index is 6.90. The van der Waals surface area contributed by atoms with Crippen LogP contribution in [0.5, 0.6) is 0 Å². The SMILES string of the molecule is OO.OOOO. The van der Waals surface area contributed by atoms with Gasteiger partial charge in [-0.15, -0.1) is 0 Å². The van der Waals surface area contributed by atoms with E-state index in [0.29, 0.717) is 0 Å². The van der Waals surface area contributed by atoms with Crippen molar-refractivity contribution in [2.45, 2.75) is 0 Å². The van der Waals surface area contributed by atoms with E-state index in [1.165, 1.54) is 0 Å². The molecule has 0 aromatic carbocycles. The lowest BCUT2D eigenvalue weighted by molar-refractivity contribution is -0.611. The van der Waals surface area contributed by atoms with Gasteiger partial charge in [0, 0.05) is 0 Å². The molecule has 0 spiro atoms. The fourth-order valence-corrected chi connectivity index (χ4v) is 0. The average molecular weight is 100 g/mol. The summed E-state index contributed by atoms with van der Waals surface area (Å²) in [6, 6.07) is 0. The first-order chi connectivity index (χ1) is 2.91. The fourth-order valence-electron chi connectivity index (χ4n) is 0. The molecule has 0 saturated heterocycles. The van der Waals surface area contributed by atoms with E-state index >= 15 is 0 Å². The van der Waals surface area contributed by atoms with Gasteiger partial charge in [-0.3, -0.25) is 10.5 Å². The third-order valence-corrected chi connectivity index (χ3v) is 0.0333. The molecule has 0 amide bonds. The Hall–Kier alpha value is -0.240. The summed E-state index contributed by atoms with van der Waals surface area (Å²) in [6.45, 7) is 0. The van der Waals surface area contributed by atoms with Crippen LogP contribution in [-0.2, 0) is 10.1 Å². The van der Waals surface area contributed by atoms with Gasteiger partial charge in [0.15, 0.2) is 0 Å². The first kappa shape index (κ1) is 9.23. The van der Waals surface area contributed by atoms with Gasteiger partial charge in [-0.2, -0.15) is 0 Å². The Morgan fingerprint density at radius 2 is 1.00 bits per heavy atom. The molecule has 6 nitrogen and oxygen atoms in total. The lowest BCUT2D eigenvalue weighted by Crippen LogP contribution is -1.75. The van der Waals surface area contributed by atoms with Crippen LogP contribution < -0.4 is 0 Å². The normalized spacial score (nSPS) is 6.00. The summed E-state index contributed by atoms with van der Waals surface area (Å²) in [7, 11) is 0. The van der Waals surface area contributed by atoms with Crippen LogP contribution in [0.25, 0.3) is 0 Å². The highest BCUT2D eigenvalue weighted by Gasteiger charge is 1.53. The van der Waals surface area contributed by atoms with Crippen molar-refractivity contribution in [3.63, 3.8) is 0 Å². The Labute approximate surface area is 32.5 Å². The van der Waals surface area contributed by atoms with Gasteiger partial charge in [-0.25, -0.2) is 10.5 Å². The molecule has 0 saturated carbocycles. The summed E-state index contributed by atoms with van der Waals surface area (Å²) in [6.07, 6.45) is 0. The van der Waals surface area contributed by atoms with Gasteiger partial charge < -0.3 is 0 Å². The first-order valence-electron chi connectivity index (χ1n) is 0.732. The molecule has 0 aliphatic carbocycles. The van der Waals surface area contributed by atoms with Gasteiger partial charge in [-0.05, 0) is 10.1 Å². The van der Waals surface area contributed by atoms with Gasteiger partial charge in [0.05, 0.1) is 0 Å². The fraction of sp³-hybridized carbons (Fsp3) is 0. The van der Waals surface area contributed by atoms with Crippen molar-refractivity contribution < 1.29 is 31.1 Å². The maximum atomic E-state index is 6.90. The monoisotopic (exact) mass is 100 g/mol. The van der Waals surface area contributed by atoms with E-state index in [1.807, 2.05) is 0 Å². The van der Waals surface area contributed by atoms with Crippen LogP contribution in [0, 0.1) is 0 Å². The lowest BCUT2D eigenvalue weighted by atomic mass is 14.4. The predicted octanol–water partition coefficient (Wildman–Crippen LogP) is -0.102. The summed E-state index contributed by atoms with van der Waals surface area (Å²) in [4.78, 5) is 0. The Kier molecular flexibility index (Phi) is 33.4. The van der Waals surface area contributed by atoms with Crippen molar-refractivity contribution in [3.05, 3.63) is 0 Å². The highest BCUT2D eigenvalue weighted by atomic mass is 17.6. The van der Waals surface area contributed by atoms with Crippen molar-refractivity contribution in [1.29, 1.82) is 0 Å². The number of rotatable bonds is 1. The van der Waals surface area contributed by atoms with Crippen molar-refractivity contribution in [3.8, 4) is 0 Å². The van der Waals surface area contributed by atoms with E-state index in [2.05, 4.69) is 10.1 Å². The first-order valence-corrected chi connectivity index (χ1v) is 0.732. The summed E-state index contributed by atoms with van der Waals surface area (Å²) >= 11 is 0. The molecule has 0 rings (SSSR count). The molecule has 0 heterocycles. The third-order valence-electron chi connectivity index (χ3n) is 0.0333. The Balaban J connectivity index is 0. The van der Waals surface area contributed by atoms with Crippen molar-refractivity contribution in [2.75, 3.05) is 0 Å². The molecule has 0 bridgehead atoms. The quantitative estimate of drug-likeness (QED) is 0.271. The van der Waals surface area contributed by atoms with Crippen LogP contribution >= 0.6 is 0 Å². The van der Waals surface area contributed by atoms with E-state index in [1.54, 1.807) is 0 Å². The average Bonchev–Trinajstić information content (AvgIpc) is 1.72. The van der Waals surface area contributed by atoms with Crippen molar-refractivity contribution in [1.82, 2.24) is 0 Å². The second kappa shape index (κ2) is 21.7. The zero-order valence-corrected chi connectivity index (χ0v) is 2.61. The Morgan fingerprint density at radius 3 is 1.00 bits per heavy atom. The number of hydrogen-bond donors (Lipinski definition) is 4. The molecule has 0 unspecified atom stereocenters. The molecule has 6 heavy (non-hydrogen) atoms. The molecule has 0 aromatic rings. The molecule has 0 atom stereocenters. The standard InChI is InChI=1S/H2O4.H2O2/c1-3-4-2;1-2/h1-2H;1-2H. The molecule has 6 heteroatoms. The molecule has 4 N–H and O–H groups in total. The van der Waals surface area contributed by atoms with Crippen LogP contribution in [0.4, 0.5) is 0 Å². The van der Waals surface area contributed by atoms with Crippen LogP contribution in [0.1, 0.15) is 0 Å². The Morgan fingerprint density at radius 1 is 0.833 bits per heavy atom. The van der Waals surface area contributed by atoms with E-state index in [0.717, 1.165) is 0 Å². The molecule has 0 aliphatic rings. The minimum absolute atomic E-state index is 2.60. The molecule has 0 fully saturated rings. The minimum atomic E-state index is 2.60. The summed E-state index contributed by atoms with van der Waals surface area (Å²) in [5.74, 6) is 0. The van der Waals surface area contributed by atoms with Crippen LogP contribution in [0.15, 0.2) is 0 Å². The largest absolute Gasteiger partial charge is 0.255 e. The molecular weight excluding hydrogens is 96.0 g/mol. The van der Waals surface area contributed by atoms with Crippen molar-refractivity contribution in [2.24, 2.45) is 0 Å². The van der Waals surface area contributed by atoms with E-state index in [4.69, 9.17) is 21.0 Å². The van der Waals surface area contributed by atoms with E-state index < -0.39 is 0 Å². The second-order valence-corrected chi connectivity index (χ2v) is 0.149. The highest BCUT2D eigenvalue weighted by molar-refractivity contribution is 2.64. The van der Waals surface area contributed by atoms with E-state index in [-0.39, 0.29) is 0 Å². The zero-order valence-electron chi connectivity index (χ0n) is 2.61. The van der Waals surface area contributed by atoms with Gasteiger partial charge >= 0.3 is 0 Å². The topological polar surface area (TPSA) is 99.4 Å². The lowest BCUT2D eigenvalue weighted by Gasteiger charge is -1.71. The minimum Gasteiger partial charge on any atom is -0.255 e. The van der Waals surface area contributed by atoms with Crippen LogP contribution in [0.3, 0.4) is 0 Å². The molecular formula is H4O6. The molecule has 0 aliphatic heterocycles. The van der Waals surface area contributed by atoms with Gasteiger partial charge in [0.1, 0.15) is 0 Å². The summed E-state index contributed by atoms with van der Waals surface area (Å²) in [5, 5.41) is 31.0. The van der Waals surface area contributed by atoms with E-state index in [9.17, 15) is 0 Å². The molecule has 40 valence electrons. The maximum Gasteiger partial charge on any atom is -0.0395 e. The Bertz CT molecular complexity index is 2.00. The smallest absolute Gasteiger partial charge is 0.0395 e. The molecule has 0 aromatic heterocycles.